The summed E-state index contributed by atoms with van der Waals surface area (Å²) in [5, 5.41) is 6.23. The van der Waals surface area contributed by atoms with Crippen molar-refractivity contribution in [3.63, 3.8) is 0 Å². The molecule has 6 nitrogen and oxygen atoms in total. The van der Waals surface area contributed by atoms with Gasteiger partial charge in [-0.3, -0.25) is 4.79 Å². The molecule has 1 amide bonds. The topological polar surface area (TPSA) is 76.1 Å². The van der Waals surface area contributed by atoms with Gasteiger partial charge >= 0.3 is 0 Å². The Labute approximate surface area is 200 Å². The summed E-state index contributed by atoms with van der Waals surface area (Å²) in [6.07, 6.45) is 2.52. The lowest BCUT2D eigenvalue weighted by Gasteiger charge is -2.09. The monoisotopic (exact) mass is 452 g/mol. The third kappa shape index (κ3) is 6.19. The summed E-state index contributed by atoms with van der Waals surface area (Å²) in [7, 11) is 0. The maximum Gasteiger partial charge on any atom is 0.251 e. The molecule has 3 aromatic carbocycles. The highest BCUT2D eigenvalue weighted by molar-refractivity contribution is 5.94. The Hall–Kier alpha value is -4.19. The summed E-state index contributed by atoms with van der Waals surface area (Å²) in [5.74, 6) is 1.41. The highest BCUT2D eigenvalue weighted by Gasteiger charge is 2.07. The van der Waals surface area contributed by atoms with Gasteiger partial charge in [0.15, 0.2) is 0 Å². The molecule has 0 unspecified atom stereocenters. The van der Waals surface area contributed by atoms with Crippen LogP contribution in [0, 0.1) is 6.92 Å². The van der Waals surface area contributed by atoms with Crippen molar-refractivity contribution < 1.29 is 9.53 Å². The molecule has 0 fully saturated rings. The number of rotatable bonds is 9. The first kappa shape index (κ1) is 23.0. The molecule has 1 aromatic heterocycles. The zero-order valence-electron chi connectivity index (χ0n) is 19.4. The second-order valence-electron chi connectivity index (χ2n) is 8.03. The zero-order chi connectivity index (χ0) is 23.8. The predicted octanol–water partition coefficient (Wildman–Crippen LogP) is 5.91. The van der Waals surface area contributed by atoms with Gasteiger partial charge in [-0.1, -0.05) is 48.9 Å². The van der Waals surface area contributed by atoms with Crippen LogP contribution in [0.1, 0.15) is 34.8 Å². The molecule has 34 heavy (non-hydrogen) atoms. The van der Waals surface area contributed by atoms with Gasteiger partial charge in [-0.25, -0.2) is 9.97 Å². The molecule has 4 aromatic rings. The van der Waals surface area contributed by atoms with Crippen LogP contribution >= 0.6 is 0 Å². The van der Waals surface area contributed by atoms with E-state index in [4.69, 9.17) is 4.74 Å². The van der Waals surface area contributed by atoms with Crippen molar-refractivity contribution in [2.75, 3.05) is 11.9 Å². The van der Waals surface area contributed by atoms with E-state index in [1.807, 2.05) is 54.6 Å². The molecule has 0 aliphatic rings. The van der Waals surface area contributed by atoms with Gasteiger partial charge in [0.1, 0.15) is 17.9 Å². The second kappa shape index (κ2) is 11.1. The molecule has 0 radical (unpaired) electrons. The maximum absolute atomic E-state index is 12.5. The first-order valence-electron chi connectivity index (χ1n) is 11.4. The van der Waals surface area contributed by atoms with E-state index in [2.05, 4.69) is 46.6 Å². The molecule has 0 saturated carbocycles. The molecule has 0 aliphatic carbocycles. The predicted molar refractivity (Wildman–Crippen MR) is 135 cm³/mol. The van der Waals surface area contributed by atoms with Crippen molar-refractivity contribution >= 4 is 17.4 Å². The lowest BCUT2D eigenvalue weighted by atomic mass is 10.1. The van der Waals surface area contributed by atoms with E-state index in [0.717, 1.165) is 34.7 Å². The Morgan fingerprint density at radius 3 is 2.35 bits per heavy atom. The smallest absolute Gasteiger partial charge is 0.251 e. The fourth-order valence-electron chi connectivity index (χ4n) is 3.37. The summed E-state index contributed by atoms with van der Waals surface area (Å²) in [6, 6.07) is 25.2. The van der Waals surface area contributed by atoms with Crippen molar-refractivity contribution in [2.45, 2.75) is 26.8 Å². The largest absolute Gasteiger partial charge is 0.494 e. The number of carbonyl (C=O) groups excluding carboxylic acids is 1. The normalized spacial score (nSPS) is 10.5. The highest BCUT2D eigenvalue weighted by Crippen LogP contribution is 2.22. The van der Waals surface area contributed by atoms with E-state index in [-0.39, 0.29) is 5.91 Å². The third-order valence-electron chi connectivity index (χ3n) is 5.28. The van der Waals surface area contributed by atoms with E-state index in [1.54, 1.807) is 18.5 Å². The SMILES string of the molecule is CCCOc1ccc(CNC(=O)c2ccc(Nc3cc(-c4ccc(C)cc4)ncn3)cc2)cc1. The van der Waals surface area contributed by atoms with Gasteiger partial charge in [-0.15, -0.1) is 0 Å². The molecule has 4 rings (SSSR count). The summed E-state index contributed by atoms with van der Waals surface area (Å²) >= 11 is 0. The number of carbonyl (C=O) groups is 1. The van der Waals surface area contributed by atoms with Crippen molar-refractivity contribution in [3.05, 3.63) is 102 Å². The number of ether oxygens (including phenoxy) is 1. The molecule has 0 saturated heterocycles. The van der Waals surface area contributed by atoms with Gasteiger partial charge in [0, 0.05) is 29.4 Å². The van der Waals surface area contributed by atoms with Crippen LogP contribution in [0.15, 0.2) is 85.2 Å². The van der Waals surface area contributed by atoms with Crippen molar-refractivity contribution in [3.8, 4) is 17.0 Å². The van der Waals surface area contributed by atoms with Crippen molar-refractivity contribution in [2.24, 2.45) is 0 Å². The van der Waals surface area contributed by atoms with E-state index >= 15 is 0 Å². The van der Waals surface area contributed by atoms with Gasteiger partial charge in [-0.2, -0.15) is 0 Å². The van der Waals surface area contributed by atoms with Crippen LogP contribution in [0.4, 0.5) is 11.5 Å². The average Bonchev–Trinajstić information content (AvgIpc) is 2.88. The molecule has 6 heteroatoms. The molecular formula is C28H28N4O2. The summed E-state index contributed by atoms with van der Waals surface area (Å²) < 4.78 is 5.59. The Balaban J connectivity index is 1.33. The average molecular weight is 453 g/mol. The van der Waals surface area contributed by atoms with Crippen LogP contribution in [-0.4, -0.2) is 22.5 Å². The summed E-state index contributed by atoms with van der Waals surface area (Å²) in [6.45, 7) is 5.29. The minimum atomic E-state index is -0.124. The van der Waals surface area contributed by atoms with Crippen LogP contribution in [-0.2, 0) is 6.54 Å². The number of anilines is 2. The Morgan fingerprint density at radius 2 is 1.65 bits per heavy atom. The summed E-state index contributed by atoms with van der Waals surface area (Å²) in [4.78, 5) is 21.2. The first-order chi connectivity index (χ1) is 16.6. The van der Waals surface area contributed by atoms with Crippen LogP contribution in [0.3, 0.4) is 0 Å². The van der Waals surface area contributed by atoms with Gasteiger partial charge in [0.05, 0.1) is 12.3 Å². The number of hydrogen-bond acceptors (Lipinski definition) is 5. The van der Waals surface area contributed by atoms with Crippen molar-refractivity contribution in [1.29, 1.82) is 0 Å². The molecule has 0 atom stereocenters. The Morgan fingerprint density at radius 1 is 0.912 bits per heavy atom. The number of hydrogen-bond donors (Lipinski definition) is 2. The van der Waals surface area contributed by atoms with Crippen LogP contribution in [0.25, 0.3) is 11.3 Å². The van der Waals surface area contributed by atoms with E-state index < -0.39 is 0 Å². The third-order valence-corrected chi connectivity index (χ3v) is 5.28. The van der Waals surface area contributed by atoms with Crippen LogP contribution < -0.4 is 15.4 Å². The quantitative estimate of drug-likeness (QED) is 0.330. The van der Waals surface area contributed by atoms with Gasteiger partial charge < -0.3 is 15.4 Å². The van der Waals surface area contributed by atoms with Crippen LogP contribution in [0.2, 0.25) is 0 Å². The number of amides is 1. The van der Waals surface area contributed by atoms with Crippen LogP contribution in [0.5, 0.6) is 5.75 Å². The lowest BCUT2D eigenvalue weighted by Crippen LogP contribution is -2.22. The standard InChI is InChI=1S/C28H28N4O2/c1-3-16-34-25-14-6-21(7-15-25)18-29-28(33)23-10-12-24(13-11-23)32-27-17-26(30-19-31-27)22-8-4-20(2)5-9-22/h4-15,17,19H,3,16,18H2,1-2H3,(H,29,33)(H,30,31,32). The Kier molecular flexibility index (Phi) is 7.50. The molecule has 172 valence electrons. The van der Waals surface area contributed by atoms with E-state index in [9.17, 15) is 4.79 Å². The van der Waals surface area contributed by atoms with Gasteiger partial charge in [-0.05, 0) is 55.3 Å². The molecule has 1 heterocycles. The minimum absolute atomic E-state index is 0.124. The molecular weight excluding hydrogens is 424 g/mol. The highest BCUT2D eigenvalue weighted by atomic mass is 16.5. The van der Waals surface area contributed by atoms with Gasteiger partial charge in [0.2, 0.25) is 0 Å². The second-order valence-corrected chi connectivity index (χ2v) is 8.03. The van der Waals surface area contributed by atoms with E-state index in [1.165, 1.54) is 5.56 Å². The number of nitrogens with one attached hydrogen (secondary N) is 2. The number of aromatic nitrogens is 2. The number of benzene rings is 3. The maximum atomic E-state index is 12.5. The van der Waals surface area contributed by atoms with Crippen molar-refractivity contribution in [1.82, 2.24) is 15.3 Å². The molecule has 0 bridgehead atoms. The zero-order valence-corrected chi connectivity index (χ0v) is 19.4. The summed E-state index contributed by atoms with van der Waals surface area (Å²) in [5.41, 5.74) is 5.53. The number of aryl methyl sites for hydroxylation is 1. The molecule has 2 N–H and O–H groups in total. The molecule has 0 aliphatic heterocycles. The molecule has 0 spiro atoms. The minimum Gasteiger partial charge on any atom is -0.494 e. The Bertz CT molecular complexity index is 1220. The van der Waals surface area contributed by atoms with E-state index in [0.29, 0.717) is 24.5 Å². The number of nitrogens with zero attached hydrogens (tertiary/aromatic N) is 2. The lowest BCUT2D eigenvalue weighted by molar-refractivity contribution is 0.0951. The fourth-order valence-corrected chi connectivity index (χ4v) is 3.37. The fraction of sp³-hybridized carbons (Fsp3) is 0.179. The first-order valence-corrected chi connectivity index (χ1v) is 11.4. The van der Waals surface area contributed by atoms with Gasteiger partial charge in [0.25, 0.3) is 5.91 Å².